The number of hydrogen-bond acceptors (Lipinski definition) is 7. The number of cyclic esters (lactones) is 1. The maximum Gasteiger partial charge on any atom is 0.315 e. The summed E-state index contributed by atoms with van der Waals surface area (Å²) in [5, 5.41) is 9.77. The fraction of sp³-hybridized carbons (Fsp3) is 0.474. The van der Waals surface area contributed by atoms with Crippen molar-refractivity contribution in [3.05, 3.63) is 29.3 Å². The fourth-order valence-electron chi connectivity index (χ4n) is 4.84. The second kappa shape index (κ2) is 5.08. The third-order valence-electron chi connectivity index (χ3n) is 6.13. The Labute approximate surface area is 149 Å². The van der Waals surface area contributed by atoms with E-state index in [0.29, 0.717) is 36.3 Å². The number of carbonyl (C=O) groups is 2. The molecule has 1 aromatic rings. The van der Waals surface area contributed by atoms with Gasteiger partial charge in [-0.1, -0.05) is 6.07 Å². The molecule has 4 atom stereocenters. The van der Waals surface area contributed by atoms with E-state index in [1.165, 1.54) is 13.2 Å². The van der Waals surface area contributed by atoms with Crippen LogP contribution in [-0.4, -0.2) is 55.0 Å². The Kier molecular flexibility index (Phi) is 3.10. The normalized spacial score (nSPS) is 39.0. The number of phenolic OH excluding ortho intramolecular Hbond substituents is 1. The average Bonchev–Trinajstić information content (AvgIpc) is 3.13. The molecule has 4 aliphatic rings. The van der Waals surface area contributed by atoms with E-state index in [4.69, 9.17) is 18.9 Å². The zero-order chi connectivity index (χ0) is 18.1. The summed E-state index contributed by atoms with van der Waals surface area (Å²) in [5.74, 6) is -0.0996. The molecule has 5 rings (SSSR count). The molecular weight excluding hydrogens is 340 g/mol. The summed E-state index contributed by atoms with van der Waals surface area (Å²) in [6.45, 7) is 0.484. The third kappa shape index (κ3) is 1.74. The van der Waals surface area contributed by atoms with E-state index in [1.54, 1.807) is 18.2 Å². The molecule has 0 saturated carbocycles. The SMILES string of the molecule is COc1cc(/C=C2/C(=O)[C@H]3C[C@]45CCO[C@@H]2[C@@]4(COC5=O)O3)ccc1O. The van der Waals surface area contributed by atoms with Crippen molar-refractivity contribution in [3.63, 3.8) is 0 Å². The lowest BCUT2D eigenvalue weighted by atomic mass is 9.67. The highest BCUT2D eigenvalue weighted by molar-refractivity contribution is 6.06. The molecule has 4 aliphatic heterocycles. The van der Waals surface area contributed by atoms with Crippen LogP contribution in [0, 0.1) is 5.41 Å². The number of fused-ring (bicyclic) bond motifs is 1. The van der Waals surface area contributed by atoms with Crippen LogP contribution in [0.25, 0.3) is 6.08 Å². The van der Waals surface area contributed by atoms with Gasteiger partial charge in [0.05, 0.1) is 7.11 Å². The monoisotopic (exact) mass is 358 g/mol. The molecule has 26 heavy (non-hydrogen) atoms. The summed E-state index contributed by atoms with van der Waals surface area (Å²) in [6, 6.07) is 4.85. The van der Waals surface area contributed by atoms with Gasteiger partial charge in [-0.3, -0.25) is 9.59 Å². The Hall–Kier alpha value is -2.38. The molecule has 4 heterocycles. The van der Waals surface area contributed by atoms with Crippen molar-refractivity contribution < 1.29 is 33.6 Å². The quantitative estimate of drug-likeness (QED) is 0.628. The molecule has 4 fully saturated rings. The lowest BCUT2D eigenvalue weighted by Crippen LogP contribution is -2.62. The van der Waals surface area contributed by atoms with Gasteiger partial charge in [-0.05, 0) is 30.2 Å². The molecule has 136 valence electrons. The van der Waals surface area contributed by atoms with E-state index in [1.807, 2.05) is 0 Å². The van der Waals surface area contributed by atoms with Gasteiger partial charge >= 0.3 is 5.97 Å². The minimum Gasteiger partial charge on any atom is -0.504 e. The maximum atomic E-state index is 13.0. The molecule has 0 radical (unpaired) electrons. The van der Waals surface area contributed by atoms with Crippen molar-refractivity contribution in [2.24, 2.45) is 5.41 Å². The molecule has 1 spiro atoms. The van der Waals surface area contributed by atoms with Crippen LogP contribution in [0.3, 0.4) is 0 Å². The zero-order valence-corrected chi connectivity index (χ0v) is 14.2. The van der Waals surface area contributed by atoms with Gasteiger partial charge in [0.25, 0.3) is 0 Å². The molecule has 2 bridgehead atoms. The molecule has 0 aromatic heterocycles. The van der Waals surface area contributed by atoms with Gasteiger partial charge in [-0.15, -0.1) is 0 Å². The summed E-state index contributed by atoms with van der Waals surface area (Å²) in [7, 11) is 1.46. The van der Waals surface area contributed by atoms with Crippen molar-refractivity contribution in [2.75, 3.05) is 20.3 Å². The minimum absolute atomic E-state index is 0.0225. The standard InChI is InChI=1S/C19H18O7/c1-23-13-7-10(2-3-12(13)20)6-11-15(21)14-8-18-4-5-24-16(11)19(18,26-14)9-25-17(18)22/h2-3,6-7,14,16,20H,4-5,8-9H2,1H3/b11-6-/t14-,16+,18+,19-/m1/s1. The Balaban J connectivity index is 1.63. The second-order valence-corrected chi connectivity index (χ2v) is 7.25. The zero-order valence-electron chi connectivity index (χ0n) is 14.2. The Morgan fingerprint density at radius 1 is 1.35 bits per heavy atom. The van der Waals surface area contributed by atoms with Crippen LogP contribution in [-0.2, 0) is 23.8 Å². The predicted octanol–water partition coefficient (Wildman–Crippen LogP) is 1.23. The fourth-order valence-corrected chi connectivity index (χ4v) is 4.84. The van der Waals surface area contributed by atoms with Gasteiger partial charge in [-0.2, -0.15) is 0 Å². The van der Waals surface area contributed by atoms with Crippen molar-refractivity contribution in [3.8, 4) is 11.5 Å². The summed E-state index contributed by atoms with van der Waals surface area (Å²) >= 11 is 0. The van der Waals surface area contributed by atoms with Crippen LogP contribution in [0.5, 0.6) is 11.5 Å². The van der Waals surface area contributed by atoms with Gasteiger partial charge in [0, 0.05) is 18.6 Å². The van der Waals surface area contributed by atoms with Crippen LogP contribution < -0.4 is 4.74 Å². The van der Waals surface area contributed by atoms with Crippen LogP contribution in [0.4, 0.5) is 0 Å². The predicted molar refractivity (Wildman–Crippen MR) is 87.6 cm³/mol. The molecule has 7 heteroatoms. The molecule has 0 aliphatic carbocycles. The number of Topliss-reactive ketones (excluding diaryl/α,β-unsaturated/α-hetero) is 1. The number of phenols is 1. The van der Waals surface area contributed by atoms with Crippen molar-refractivity contribution in [2.45, 2.75) is 30.7 Å². The van der Waals surface area contributed by atoms with E-state index >= 15 is 0 Å². The van der Waals surface area contributed by atoms with Gasteiger partial charge < -0.3 is 24.1 Å². The maximum absolute atomic E-state index is 13.0. The molecule has 4 saturated heterocycles. The van der Waals surface area contributed by atoms with E-state index < -0.39 is 23.2 Å². The minimum atomic E-state index is -0.923. The lowest BCUT2D eigenvalue weighted by Gasteiger charge is -2.46. The number of hydrogen-bond donors (Lipinski definition) is 1. The highest BCUT2D eigenvalue weighted by Crippen LogP contribution is 2.62. The first-order valence-corrected chi connectivity index (χ1v) is 8.60. The van der Waals surface area contributed by atoms with E-state index in [2.05, 4.69) is 0 Å². The Morgan fingerprint density at radius 3 is 3.00 bits per heavy atom. The molecule has 7 nitrogen and oxygen atoms in total. The van der Waals surface area contributed by atoms with E-state index in [-0.39, 0.29) is 24.1 Å². The van der Waals surface area contributed by atoms with Crippen LogP contribution >= 0.6 is 0 Å². The van der Waals surface area contributed by atoms with E-state index in [0.717, 1.165) is 0 Å². The summed E-state index contributed by atoms with van der Waals surface area (Å²) in [4.78, 5) is 25.5. The van der Waals surface area contributed by atoms with Crippen molar-refractivity contribution >= 4 is 17.8 Å². The number of ether oxygens (including phenoxy) is 4. The van der Waals surface area contributed by atoms with Crippen LogP contribution in [0.2, 0.25) is 0 Å². The highest BCUT2D eigenvalue weighted by atomic mass is 16.6. The molecule has 0 unspecified atom stereocenters. The Morgan fingerprint density at radius 2 is 2.19 bits per heavy atom. The largest absolute Gasteiger partial charge is 0.504 e. The van der Waals surface area contributed by atoms with Crippen molar-refractivity contribution in [1.82, 2.24) is 0 Å². The highest BCUT2D eigenvalue weighted by Gasteiger charge is 2.77. The second-order valence-electron chi connectivity index (χ2n) is 7.25. The summed E-state index contributed by atoms with van der Waals surface area (Å²) in [6.07, 6.45) is 1.30. The van der Waals surface area contributed by atoms with Gasteiger partial charge in [0.15, 0.2) is 17.3 Å². The van der Waals surface area contributed by atoms with Crippen molar-refractivity contribution in [1.29, 1.82) is 0 Å². The number of methoxy groups -OCH3 is 1. The molecule has 1 N–H and O–H groups in total. The number of ketones is 1. The third-order valence-corrected chi connectivity index (χ3v) is 6.13. The Bertz CT molecular complexity index is 859. The molecule has 0 amide bonds. The number of benzene rings is 1. The van der Waals surface area contributed by atoms with Gasteiger partial charge in [0.2, 0.25) is 0 Å². The molecule has 1 aromatic carbocycles. The number of rotatable bonds is 2. The lowest BCUT2D eigenvalue weighted by molar-refractivity contribution is -0.197. The first-order chi connectivity index (χ1) is 12.5. The summed E-state index contributed by atoms with van der Waals surface area (Å²) in [5.41, 5.74) is -0.536. The summed E-state index contributed by atoms with van der Waals surface area (Å²) < 4.78 is 22.5. The van der Waals surface area contributed by atoms with Crippen LogP contribution in [0.1, 0.15) is 18.4 Å². The molecular formula is C19H18O7. The average molecular weight is 358 g/mol. The smallest absolute Gasteiger partial charge is 0.315 e. The first-order valence-electron chi connectivity index (χ1n) is 8.60. The number of aromatic hydroxyl groups is 1. The van der Waals surface area contributed by atoms with Crippen LogP contribution in [0.15, 0.2) is 23.8 Å². The van der Waals surface area contributed by atoms with E-state index in [9.17, 15) is 14.7 Å². The number of esters is 1. The van der Waals surface area contributed by atoms with Gasteiger partial charge in [-0.25, -0.2) is 0 Å². The van der Waals surface area contributed by atoms with Gasteiger partial charge in [0.1, 0.15) is 29.8 Å². The topological polar surface area (TPSA) is 91.3 Å². The number of carbonyl (C=O) groups excluding carboxylic acids is 2. The first kappa shape index (κ1) is 15.8.